The fourth-order valence-electron chi connectivity index (χ4n) is 2.11. The van der Waals surface area contributed by atoms with Crippen LogP contribution in [-0.4, -0.2) is 39.4 Å². The normalized spacial score (nSPS) is 11.0. The van der Waals surface area contributed by atoms with Crippen molar-refractivity contribution < 1.29 is 4.79 Å². The third kappa shape index (κ3) is 2.98. The van der Waals surface area contributed by atoms with Crippen LogP contribution in [0.5, 0.6) is 0 Å². The van der Waals surface area contributed by atoms with Gasteiger partial charge in [0.1, 0.15) is 12.1 Å². The number of carbonyl (C=O) groups is 1. The van der Waals surface area contributed by atoms with Crippen LogP contribution in [0.15, 0.2) is 12.1 Å². The lowest BCUT2D eigenvalue weighted by Gasteiger charge is -2.16. The van der Waals surface area contributed by atoms with Crippen molar-refractivity contribution in [3.05, 3.63) is 23.3 Å². The molecule has 5 nitrogen and oxygen atoms in total. The van der Waals surface area contributed by atoms with Crippen LogP contribution in [-0.2, 0) is 11.3 Å². The predicted octanol–water partition coefficient (Wildman–Crippen LogP) is 2.31. The topological polar surface area (TPSA) is 51.0 Å². The van der Waals surface area contributed by atoms with Crippen LogP contribution in [0.4, 0.5) is 0 Å². The van der Waals surface area contributed by atoms with Crippen molar-refractivity contribution in [3.8, 4) is 0 Å². The highest BCUT2D eigenvalue weighted by atomic mass is 16.2. The molecule has 0 unspecified atom stereocenters. The first-order chi connectivity index (χ1) is 9.52. The lowest BCUT2D eigenvalue weighted by Crippen LogP contribution is -2.31. The van der Waals surface area contributed by atoms with Gasteiger partial charge in [-0.2, -0.15) is 0 Å². The average Bonchev–Trinajstić information content (AvgIpc) is 2.79. The molecule has 0 saturated heterocycles. The maximum Gasteiger partial charge on any atom is 0.244 e. The monoisotopic (exact) mass is 274 g/mol. The molecule has 2 aromatic rings. The minimum Gasteiger partial charge on any atom is -0.344 e. The third-order valence-corrected chi connectivity index (χ3v) is 3.69. The van der Waals surface area contributed by atoms with Crippen LogP contribution in [0.1, 0.15) is 30.9 Å². The standard InChI is InChI=1S/C15H22N4O/c1-5-6-7-18(4)15(20)10-19-14-9-12(3)11(2)8-13(14)16-17-19/h8-9H,5-7,10H2,1-4H3. The molecule has 0 aliphatic rings. The fraction of sp³-hybridized carbons (Fsp3) is 0.533. The van der Waals surface area contributed by atoms with Crippen LogP contribution in [0.2, 0.25) is 0 Å². The van der Waals surface area contributed by atoms with Gasteiger partial charge >= 0.3 is 0 Å². The van der Waals surface area contributed by atoms with E-state index < -0.39 is 0 Å². The molecule has 2 rings (SSSR count). The number of nitrogens with zero attached hydrogens (tertiary/aromatic N) is 4. The smallest absolute Gasteiger partial charge is 0.244 e. The number of fused-ring (bicyclic) bond motifs is 1. The van der Waals surface area contributed by atoms with E-state index in [1.165, 1.54) is 11.1 Å². The van der Waals surface area contributed by atoms with Gasteiger partial charge in [0.05, 0.1) is 5.52 Å². The molecule has 0 aliphatic carbocycles. The Morgan fingerprint density at radius 2 is 2.00 bits per heavy atom. The molecule has 0 fully saturated rings. The molecule has 0 atom stereocenters. The van der Waals surface area contributed by atoms with Gasteiger partial charge in [0.2, 0.25) is 5.91 Å². The highest BCUT2D eigenvalue weighted by molar-refractivity contribution is 5.80. The maximum absolute atomic E-state index is 12.1. The summed E-state index contributed by atoms with van der Waals surface area (Å²) in [5, 5.41) is 8.24. The second-order valence-electron chi connectivity index (χ2n) is 5.34. The minimum absolute atomic E-state index is 0.0727. The summed E-state index contributed by atoms with van der Waals surface area (Å²) in [5.41, 5.74) is 4.14. The summed E-state index contributed by atoms with van der Waals surface area (Å²) in [7, 11) is 1.84. The summed E-state index contributed by atoms with van der Waals surface area (Å²) in [6.07, 6.45) is 2.11. The number of likely N-dealkylation sites (N-methyl/N-ethyl adjacent to an activating group) is 1. The molecule has 1 heterocycles. The first-order valence-corrected chi connectivity index (χ1v) is 7.07. The number of benzene rings is 1. The van der Waals surface area contributed by atoms with Crippen molar-refractivity contribution in [1.82, 2.24) is 19.9 Å². The van der Waals surface area contributed by atoms with Crippen LogP contribution < -0.4 is 0 Å². The molecule has 0 N–H and O–H groups in total. The zero-order valence-electron chi connectivity index (χ0n) is 12.7. The molecule has 1 aromatic carbocycles. The number of hydrogen-bond acceptors (Lipinski definition) is 3. The van der Waals surface area contributed by atoms with E-state index in [-0.39, 0.29) is 12.5 Å². The van der Waals surface area contributed by atoms with E-state index in [9.17, 15) is 4.79 Å². The number of rotatable bonds is 5. The van der Waals surface area contributed by atoms with Gasteiger partial charge in [-0.3, -0.25) is 4.79 Å². The lowest BCUT2D eigenvalue weighted by molar-refractivity contribution is -0.130. The summed E-state index contributed by atoms with van der Waals surface area (Å²) >= 11 is 0. The van der Waals surface area contributed by atoms with Gasteiger partial charge in [0.15, 0.2) is 0 Å². The Balaban J connectivity index is 2.17. The summed E-state index contributed by atoms with van der Waals surface area (Å²) in [4.78, 5) is 13.9. The van der Waals surface area contributed by atoms with Crippen LogP contribution in [0, 0.1) is 13.8 Å². The van der Waals surface area contributed by atoms with Gasteiger partial charge in [-0.1, -0.05) is 18.6 Å². The lowest BCUT2D eigenvalue weighted by atomic mass is 10.1. The molecule has 108 valence electrons. The van der Waals surface area contributed by atoms with Crippen molar-refractivity contribution in [3.63, 3.8) is 0 Å². The molecular formula is C15H22N4O. The molecular weight excluding hydrogens is 252 g/mol. The van der Waals surface area contributed by atoms with Crippen LogP contribution in [0.25, 0.3) is 11.0 Å². The first kappa shape index (κ1) is 14.5. The Morgan fingerprint density at radius 1 is 1.30 bits per heavy atom. The Morgan fingerprint density at radius 3 is 2.70 bits per heavy atom. The summed E-state index contributed by atoms with van der Waals surface area (Å²) in [5.74, 6) is 0.0727. The SMILES string of the molecule is CCCCN(C)C(=O)Cn1nnc2cc(C)c(C)cc21. The number of unbranched alkanes of at least 4 members (excludes halogenated alkanes) is 1. The van der Waals surface area contributed by atoms with E-state index in [1.54, 1.807) is 9.58 Å². The molecule has 0 bridgehead atoms. The summed E-state index contributed by atoms with van der Waals surface area (Å²) in [6.45, 7) is 7.27. The zero-order chi connectivity index (χ0) is 14.7. The Bertz CT molecular complexity index is 618. The fourth-order valence-corrected chi connectivity index (χ4v) is 2.11. The van der Waals surface area contributed by atoms with Crippen molar-refractivity contribution in [2.24, 2.45) is 0 Å². The molecule has 0 spiro atoms. The highest BCUT2D eigenvalue weighted by Crippen LogP contribution is 2.17. The first-order valence-electron chi connectivity index (χ1n) is 7.07. The molecule has 20 heavy (non-hydrogen) atoms. The summed E-state index contributed by atoms with van der Waals surface area (Å²) < 4.78 is 1.69. The van der Waals surface area contributed by atoms with E-state index >= 15 is 0 Å². The third-order valence-electron chi connectivity index (χ3n) is 3.69. The van der Waals surface area contributed by atoms with Crippen LogP contribution >= 0.6 is 0 Å². The van der Waals surface area contributed by atoms with E-state index in [2.05, 4.69) is 31.1 Å². The molecule has 0 aliphatic heterocycles. The maximum atomic E-state index is 12.1. The van der Waals surface area contributed by atoms with Crippen molar-refractivity contribution in [2.75, 3.05) is 13.6 Å². The van der Waals surface area contributed by atoms with E-state index in [1.807, 2.05) is 19.2 Å². The molecule has 0 saturated carbocycles. The van der Waals surface area contributed by atoms with Crippen molar-refractivity contribution in [2.45, 2.75) is 40.2 Å². The van der Waals surface area contributed by atoms with E-state index in [0.29, 0.717) is 0 Å². The number of amides is 1. The van der Waals surface area contributed by atoms with E-state index in [0.717, 1.165) is 30.4 Å². The Hall–Kier alpha value is -1.91. The Labute approximate surface area is 119 Å². The summed E-state index contributed by atoms with van der Waals surface area (Å²) in [6, 6.07) is 4.06. The minimum atomic E-state index is 0.0727. The Kier molecular flexibility index (Phi) is 4.37. The van der Waals surface area contributed by atoms with E-state index in [4.69, 9.17) is 0 Å². The van der Waals surface area contributed by atoms with Gasteiger partial charge in [0, 0.05) is 13.6 Å². The van der Waals surface area contributed by atoms with Gasteiger partial charge in [0.25, 0.3) is 0 Å². The largest absolute Gasteiger partial charge is 0.344 e. The van der Waals surface area contributed by atoms with Gasteiger partial charge in [-0.25, -0.2) is 4.68 Å². The quantitative estimate of drug-likeness (QED) is 0.840. The number of aryl methyl sites for hydroxylation is 2. The highest BCUT2D eigenvalue weighted by Gasteiger charge is 2.13. The second kappa shape index (κ2) is 6.03. The average molecular weight is 274 g/mol. The van der Waals surface area contributed by atoms with Gasteiger partial charge in [-0.05, 0) is 43.5 Å². The zero-order valence-corrected chi connectivity index (χ0v) is 12.7. The molecule has 5 heteroatoms. The van der Waals surface area contributed by atoms with Gasteiger partial charge < -0.3 is 4.90 Å². The number of hydrogen-bond donors (Lipinski definition) is 0. The van der Waals surface area contributed by atoms with Crippen molar-refractivity contribution in [1.29, 1.82) is 0 Å². The molecule has 0 radical (unpaired) electrons. The predicted molar refractivity (Wildman–Crippen MR) is 79.5 cm³/mol. The molecule has 1 amide bonds. The number of aromatic nitrogens is 3. The number of carbonyl (C=O) groups excluding carboxylic acids is 1. The molecule has 1 aromatic heterocycles. The van der Waals surface area contributed by atoms with Crippen molar-refractivity contribution >= 4 is 16.9 Å². The second-order valence-corrected chi connectivity index (χ2v) is 5.34. The van der Waals surface area contributed by atoms with Gasteiger partial charge in [-0.15, -0.1) is 5.10 Å². The van der Waals surface area contributed by atoms with Crippen LogP contribution in [0.3, 0.4) is 0 Å².